The molecule has 1 aromatic carbocycles. The first-order chi connectivity index (χ1) is 9.07. The van der Waals surface area contributed by atoms with Gasteiger partial charge in [0.05, 0.1) is 16.6 Å². The van der Waals surface area contributed by atoms with Gasteiger partial charge in [-0.3, -0.25) is 0 Å². The molecule has 100 valence electrons. The van der Waals surface area contributed by atoms with Gasteiger partial charge in [0.15, 0.2) is 0 Å². The second-order valence-electron chi connectivity index (χ2n) is 5.55. The van der Waals surface area contributed by atoms with Gasteiger partial charge in [0.1, 0.15) is 5.82 Å². The molecule has 1 fully saturated rings. The van der Waals surface area contributed by atoms with E-state index in [2.05, 4.69) is 23.4 Å². The van der Waals surface area contributed by atoms with Gasteiger partial charge in [-0.1, -0.05) is 13.0 Å². The van der Waals surface area contributed by atoms with Gasteiger partial charge in [0.2, 0.25) is 0 Å². The van der Waals surface area contributed by atoms with Crippen LogP contribution in [0.1, 0.15) is 49.3 Å². The van der Waals surface area contributed by atoms with Gasteiger partial charge < -0.3 is 9.67 Å². The van der Waals surface area contributed by atoms with Crippen LogP contribution in [0.2, 0.25) is 0 Å². The lowest BCUT2D eigenvalue weighted by Gasteiger charge is -2.41. The maximum atomic E-state index is 11.5. The highest BCUT2D eigenvalue weighted by Crippen LogP contribution is 2.42. The Bertz CT molecular complexity index is 653. The van der Waals surface area contributed by atoms with Crippen LogP contribution in [0.3, 0.4) is 0 Å². The average Bonchev–Trinajstić information content (AvgIpc) is 2.74. The van der Waals surface area contributed by atoms with Crippen molar-refractivity contribution in [2.24, 2.45) is 0 Å². The smallest absolute Gasteiger partial charge is 0.337 e. The molecule has 1 aliphatic carbocycles. The van der Waals surface area contributed by atoms with E-state index >= 15 is 0 Å². The Labute approximate surface area is 112 Å². The van der Waals surface area contributed by atoms with Crippen molar-refractivity contribution in [2.45, 2.75) is 45.1 Å². The van der Waals surface area contributed by atoms with E-state index < -0.39 is 5.97 Å². The number of aryl methyl sites for hydroxylation is 1. The number of imidazole rings is 1. The summed E-state index contributed by atoms with van der Waals surface area (Å²) in [5.74, 6) is 0.114. The molecular weight excluding hydrogens is 240 g/mol. The molecule has 4 heteroatoms. The van der Waals surface area contributed by atoms with Gasteiger partial charge in [-0.15, -0.1) is 0 Å². The Balaban J connectivity index is 2.36. The highest BCUT2D eigenvalue weighted by Gasteiger charge is 2.37. The van der Waals surface area contributed by atoms with Crippen LogP contribution in [-0.2, 0) is 12.0 Å². The molecule has 0 spiro atoms. The van der Waals surface area contributed by atoms with Crippen LogP contribution in [0.5, 0.6) is 0 Å². The van der Waals surface area contributed by atoms with Crippen LogP contribution < -0.4 is 0 Å². The number of rotatable bonds is 3. The van der Waals surface area contributed by atoms with Crippen LogP contribution in [0.25, 0.3) is 11.0 Å². The fourth-order valence-electron chi connectivity index (χ4n) is 3.08. The van der Waals surface area contributed by atoms with Crippen molar-refractivity contribution in [3.05, 3.63) is 29.6 Å². The SMILES string of the molecule is CCc1nc2cccc(C(=O)O)c2n1C1(C)CCC1. The summed E-state index contributed by atoms with van der Waals surface area (Å²) in [6.07, 6.45) is 4.22. The van der Waals surface area contributed by atoms with Crippen molar-refractivity contribution in [3.63, 3.8) is 0 Å². The van der Waals surface area contributed by atoms with Gasteiger partial charge >= 0.3 is 5.97 Å². The molecule has 0 unspecified atom stereocenters. The lowest BCUT2D eigenvalue weighted by Crippen LogP contribution is -2.38. The maximum absolute atomic E-state index is 11.5. The maximum Gasteiger partial charge on any atom is 0.337 e. The topological polar surface area (TPSA) is 55.1 Å². The minimum Gasteiger partial charge on any atom is -0.478 e. The summed E-state index contributed by atoms with van der Waals surface area (Å²) in [5.41, 5.74) is 1.97. The summed E-state index contributed by atoms with van der Waals surface area (Å²) in [5, 5.41) is 9.40. The molecule has 0 atom stereocenters. The highest BCUT2D eigenvalue weighted by molar-refractivity contribution is 6.01. The van der Waals surface area contributed by atoms with Crippen molar-refractivity contribution >= 4 is 17.0 Å². The summed E-state index contributed by atoms with van der Waals surface area (Å²) >= 11 is 0. The number of benzene rings is 1. The summed E-state index contributed by atoms with van der Waals surface area (Å²) in [4.78, 5) is 16.1. The quantitative estimate of drug-likeness (QED) is 0.919. The van der Waals surface area contributed by atoms with Crippen molar-refractivity contribution < 1.29 is 9.90 Å². The standard InChI is InChI=1S/C15H18N2O2/c1-3-12-16-11-7-4-6-10(14(18)19)13(11)17(12)15(2)8-5-9-15/h4,6-7H,3,5,8-9H2,1-2H3,(H,18,19). The number of nitrogens with zero attached hydrogens (tertiary/aromatic N) is 2. The van der Waals surface area contributed by atoms with Crippen LogP contribution in [-0.4, -0.2) is 20.6 Å². The third kappa shape index (κ3) is 1.66. The summed E-state index contributed by atoms with van der Waals surface area (Å²) < 4.78 is 2.18. The highest BCUT2D eigenvalue weighted by atomic mass is 16.4. The number of aromatic carboxylic acids is 1. The second-order valence-corrected chi connectivity index (χ2v) is 5.55. The van der Waals surface area contributed by atoms with E-state index in [1.807, 2.05) is 6.07 Å². The lowest BCUT2D eigenvalue weighted by atomic mass is 9.78. The zero-order chi connectivity index (χ0) is 13.6. The second kappa shape index (κ2) is 4.08. The lowest BCUT2D eigenvalue weighted by molar-refractivity contribution is 0.0697. The molecule has 0 saturated heterocycles. The first-order valence-electron chi connectivity index (χ1n) is 6.81. The molecule has 0 radical (unpaired) electrons. The molecule has 0 amide bonds. The molecule has 1 aromatic heterocycles. The molecule has 1 N–H and O–H groups in total. The minimum atomic E-state index is -0.877. The molecule has 0 aliphatic heterocycles. The Morgan fingerprint density at radius 2 is 2.21 bits per heavy atom. The fraction of sp³-hybridized carbons (Fsp3) is 0.467. The molecule has 1 aliphatic rings. The Morgan fingerprint density at radius 3 is 2.74 bits per heavy atom. The first kappa shape index (κ1) is 12.2. The molecule has 0 bridgehead atoms. The summed E-state index contributed by atoms with van der Waals surface area (Å²) in [7, 11) is 0. The molecule has 1 saturated carbocycles. The van der Waals surface area contributed by atoms with Crippen LogP contribution in [0, 0.1) is 0 Å². The zero-order valence-electron chi connectivity index (χ0n) is 11.3. The average molecular weight is 258 g/mol. The summed E-state index contributed by atoms with van der Waals surface area (Å²) in [6, 6.07) is 5.34. The van der Waals surface area contributed by atoms with Gasteiger partial charge in [-0.2, -0.15) is 0 Å². The van der Waals surface area contributed by atoms with Gasteiger partial charge in [0, 0.05) is 12.0 Å². The molecular formula is C15H18N2O2. The number of carbonyl (C=O) groups is 1. The number of carboxylic acid groups (broad SMARTS) is 1. The van der Waals surface area contributed by atoms with Gasteiger partial charge in [0.25, 0.3) is 0 Å². The van der Waals surface area contributed by atoms with Gasteiger partial charge in [-0.05, 0) is 38.3 Å². The minimum absolute atomic E-state index is 0.0334. The Morgan fingerprint density at radius 1 is 1.47 bits per heavy atom. The molecule has 3 rings (SSSR count). The number of hydrogen-bond donors (Lipinski definition) is 1. The van der Waals surface area contributed by atoms with E-state index in [1.54, 1.807) is 12.1 Å². The summed E-state index contributed by atoms with van der Waals surface area (Å²) in [6.45, 7) is 4.27. The van der Waals surface area contributed by atoms with E-state index in [4.69, 9.17) is 0 Å². The number of aromatic nitrogens is 2. The molecule has 4 nitrogen and oxygen atoms in total. The van der Waals surface area contributed by atoms with Crippen molar-refractivity contribution in [2.75, 3.05) is 0 Å². The monoisotopic (exact) mass is 258 g/mol. The Hall–Kier alpha value is -1.84. The van der Waals surface area contributed by atoms with Crippen LogP contribution in [0.15, 0.2) is 18.2 Å². The molecule has 19 heavy (non-hydrogen) atoms. The van der Waals surface area contributed by atoms with Crippen molar-refractivity contribution in [1.82, 2.24) is 9.55 Å². The number of para-hydroxylation sites is 1. The van der Waals surface area contributed by atoms with Crippen molar-refractivity contribution in [1.29, 1.82) is 0 Å². The number of fused-ring (bicyclic) bond motifs is 1. The normalized spacial score (nSPS) is 17.4. The molecule has 1 heterocycles. The van der Waals surface area contributed by atoms with Crippen LogP contribution in [0.4, 0.5) is 0 Å². The van der Waals surface area contributed by atoms with Gasteiger partial charge in [-0.25, -0.2) is 9.78 Å². The largest absolute Gasteiger partial charge is 0.478 e. The van der Waals surface area contributed by atoms with E-state index in [0.717, 1.165) is 36.1 Å². The predicted molar refractivity (Wildman–Crippen MR) is 73.6 cm³/mol. The van der Waals surface area contributed by atoms with Crippen molar-refractivity contribution in [3.8, 4) is 0 Å². The fourth-order valence-corrected chi connectivity index (χ4v) is 3.08. The first-order valence-corrected chi connectivity index (χ1v) is 6.81. The van der Waals surface area contributed by atoms with Crippen LogP contribution >= 0.6 is 0 Å². The number of hydrogen-bond acceptors (Lipinski definition) is 2. The zero-order valence-corrected chi connectivity index (χ0v) is 11.3. The third-order valence-electron chi connectivity index (χ3n) is 4.26. The van der Waals surface area contributed by atoms with E-state index in [-0.39, 0.29) is 5.54 Å². The van der Waals surface area contributed by atoms with E-state index in [9.17, 15) is 9.90 Å². The molecule has 2 aromatic rings. The Kier molecular flexibility index (Phi) is 2.62. The predicted octanol–water partition coefficient (Wildman–Crippen LogP) is 3.20. The van der Waals surface area contributed by atoms with E-state index in [0.29, 0.717) is 5.56 Å². The third-order valence-corrected chi connectivity index (χ3v) is 4.26. The number of carboxylic acids is 1. The van der Waals surface area contributed by atoms with E-state index in [1.165, 1.54) is 6.42 Å².